The van der Waals surface area contributed by atoms with Crippen LogP contribution in [-0.4, -0.2) is 42.7 Å². The van der Waals surface area contributed by atoms with Crippen LogP contribution in [0.25, 0.3) is 10.2 Å². The Morgan fingerprint density at radius 2 is 2.03 bits per heavy atom. The predicted molar refractivity (Wildman–Crippen MR) is 130 cm³/mol. The van der Waals surface area contributed by atoms with E-state index in [0.29, 0.717) is 19.0 Å². The van der Waals surface area contributed by atoms with Gasteiger partial charge < -0.3 is 25.4 Å². The average Bonchev–Trinajstić information content (AvgIpc) is 3.28. The molecule has 8 nitrogen and oxygen atoms in total. The number of nitrogens with one attached hydrogen (secondary N) is 3. The summed E-state index contributed by atoms with van der Waals surface area (Å²) in [7, 11) is 3.27. The molecule has 0 aliphatic carbocycles. The van der Waals surface area contributed by atoms with Gasteiger partial charge in [0.05, 0.1) is 24.4 Å². The van der Waals surface area contributed by atoms with Gasteiger partial charge in [-0.05, 0) is 30.0 Å². The van der Waals surface area contributed by atoms with Crippen LogP contribution >= 0.6 is 11.3 Å². The summed E-state index contributed by atoms with van der Waals surface area (Å²) < 4.78 is 11.8. The number of unbranched alkanes of at least 4 members (excludes halogenated alkanes) is 1. The first-order valence-corrected chi connectivity index (χ1v) is 11.6. The molecule has 0 spiro atoms. The van der Waals surface area contributed by atoms with Gasteiger partial charge in [0, 0.05) is 37.7 Å². The van der Waals surface area contributed by atoms with Crippen LogP contribution in [0.1, 0.15) is 38.7 Å². The standard InChI is InChI=1S/C23H31N5O3S/c1-5-6-7-17(14-24-15(2)29)26-22-21-19(10-11-32-21)27-23(28-22)25-13-16-8-9-18(30-3)12-20(16)31-4/h8-12,17H,5-7,13-14H2,1-4H3,(H,24,29)(H2,25,26,27,28). The van der Waals surface area contributed by atoms with E-state index in [4.69, 9.17) is 14.5 Å². The molecule has 0 radical (unpaired) electrons. The van der Waals surface area contributed by atoms with Crippen LogP contribution in [0, 0.1) is 0 Å². The average molecular weight is 458 g/mol. The van der Waals surface area contributed by atoms with Gasteiger partial charge in [0.2, 0.25) is 11.9 Å². The number of amides is 1. The first-order chi connectivity index (χ1) is 15.5. The normalized spacial score (nSPS) is 11.8. The monoisotopic (exact) mass is 457 g/mol. The van der Waals surface area contributed by atoms with Crippen LogP contribution in [0.15, 0.2) is 29.6 Å². The number of carbonyl (C=O) groups is 1. The fraction of sp³-hybridized carbons (Fsp3) is 0.435. The van der Waals surface area contributed by atoms with Crippen molar-refractivity contribution in [2.24, 2.45) is 0 Å². The van der Waals surface area contributed by atoms with Crippen molar-refractivity contribution in [2.45, 2.75) is 45.7 Å². The minimum absolute atomic E-state index is 0.0342. The molecule has 3 N–H and O–H groups in total. The lowest BCUT2D eigenvalue weighted by molar-refractivity contribution is -0.119. The molecule has 0 aliphatic rings. The zero-order valence-electron chi connectivity index (χ0n) is 19.0. The van der Waals surface area contributed by atoms with Gasteiger partial charge >= 0.3 is 0 Å². The van der Waals surface area contributed by atoms with E-state index in [1.54, 1.807) is 25.6 Å². The Hall–Kier alpha value is -3.07. The quantitative estimate of drug-likeness (QED) is 0.370. The van der Waals surface area contributed by atoms with E-state index < -0.39 is 0 Å². The maximum absolute atomic E-state index is 11.4. The molecule has 32 heavy (non-hydrogen) atoms. The van der Waals surface area contributed by atoms with Crippen LogP contribution in [0.2, 0.25) is 0 Å². The van der Waals surface area contributed by atoms with Crippen LogP contribution in [0.3, 0.4) is 0 Å². The van der Waals surface area contributed by atoms with Gasteiger partial charge in [-0.1, -0.05) is 19.8 Å². The minimum atomic E-state index is -0.0342. The molecule has 3 aromatic rings. The second-order valence-electron chi connectivity index (χ2n) is 7.48. The van der Waals surface area contributed by atoms with Crippen LogP contribution in [-0.2, 0) is 11.3 Å². The Kier molecular flexibility index (Phi) is 8.49. The fourth-order valence-electron chi connectivity index (χ4n) is 3.35. The number of methoxy groups -OCH3 is 2. The van der Waals surface area contributed by atoms with E-state index >= 15 is 0 Å². The highest BCUT2D eigenvalue weighted by Crippen LogP contribution is 2.29. The van der Waals surface area contributed by atoms with E-state index in [9.17, 15) is 4.79 Å². The highest BCUT2D eigenvalue weighted by molar-refractivity contribution is 7.17. The Balaban J connectivity index is 1.80. The third kappa shape index (κ3) is 6.23. The van der Waals surface area contributed by atoms with Gasteiger partial charge in [0.15, 0.2) is 0 Å². The number of thiophene rings is 1. The second kappa shape index (κ2) is 11.5. The van der Waals surface area contributed by atoms with Gasteiger partial charge in [-0.25, -0.2) is 4.98 Å². The van der Waals surface area contributed by atoms with Crippen molar-refractivity contribution in [2.75, 3.05) is 31.4 Å². The summed E-state index contributed by atoms with van der Waals surface area (Å²) in [5, 5.41) is 11.8. The number of carbonyl (C=O) groups excluding carboxylic acids is 1. The van der Waals surface area contributed by atoms with E-state index in [1.165, 1.54) is 6.92 Å². The van der Waals surface area contributed by atoms with Crippen LogP contribution in [0.5, 0.6) is 11.5 Å². The molecule has 0 bridgehead atoms. The highest BCUT2D eigenvalue weighted by Gasteiger charge is 2.15. The Morgan fingerprint density at radius 1 is 1.19 bits per heavy atom. The van der Waals surface area contributed by atoms with Crippen LogP contribution in [0.4, 0.5) is 11.8 Å². The number of nitrogens with zero attached hydrogens (tertiary/aromatic N) is 2. The fourth-order valence-corrected chi connectivity index (χ4v) is 4.13. The maximum atomic E-state index is 11.4. The molecule has 1 atom stereocenters. The van der Waals surface area contributed by atoms with E-state index in [1.807, 2.05) is 29.6 Å². The number of hydrogen-bond donors (Lipinski definition) is 3. The third-order valence-corrected chi connectivity index (χ3v) is 5.99. The molecule has 2 heterocycles. The molecule has 0 fully saturated rings. The number of fused-ring (bicyclic) bond motifs is 1. The number of aromatic nitrogens is 2. The van der Waals surface area contributed by atoms with E-state index in [-0.39, 0.29) is 11.9 Å². The molecule has 9 heteroatoms. The number of anilines is 2. The van der Waals surface area contributed by atoms with Gasteiger partial charge in [-0.3, -0.25) is 4.79 Å². The molecular formula is C23H31N5O3S. The molecule has 172 valence electrons. The molecule has 0 saturated heterocycles. The van der Waals surface area contributed by atoms with Gasteiger partial charge in [0.1, 0.15) is 17.3 Å². The molecule has 0 aliphatic heterocycles. The zero-order valence-corrected chi connectivity index (χ0v) is 19.8. The first kappa shape index (κ1) is 23.6. The van der Waals surface area contributed by atoms with Crippen molar-refractivity contribution >= 4 is 39.2 Å². The Morgan fingerprint density at radius 3 is 2.75 bits per heavy atom. The van der Waals surface area contributed by atoms with Crippen molar-refractivity contribution in [1.29, 1.82) is 0 Å². The summed E-state index contributed by atoms with van der Waals surface area (Å²) in [5.41, 5.74) is 1.86. The summed E-state index contributed by atoms with van der Waals surface area (Å²) in [4.78, 5) is 20.8. The minimum Gasteiger partial charge on any atom is -0.497 e. The summed E-state index contributed by atoms with van der Waals surface area (Å²) in [6, 6.07) is 7.79. The molecule has 3 rings (SSSR count). The number of rotatable bonds is 12. The summed E-state index contributed by atoms with van der Waals surface area (Å²) in [5.74, 6) is 2.76. The number of ether oxygens (including phenoxy) is 2. The van der Waals surface area contributed by atoms with Crippen molar-refractivity contribution in [3.05, 3.63) is 35.2 Å². The third-order valence-electron chi connectivity index (χ3n) is 5.08. The number of benzene rings is 1. The van der Waals surface area contributed by atoms with Crippen LogP contribution < -0.4 is 25.4 Å². The highest BCUT2D eigenvalue weighted by atomic mass is 32.1. The van der Waals surface area contributed by atoms with Crippen molar-refractivity contribution in [3.8, 4) is 11.5 Å². The summed E-state index contributed by atoms with van der Waals surface area (Å²) >= 11 is 1.60. The smallest absolute Gasteiger partial charge is 0.225 e. The van der Waals surface area contributed by atoms with E-state index in [0.717, 1.165) is 52.4 Å². The second-order valence-corrected chi connectivity index (χ2v) is 8.40. The lowest BCUT2D eigenvalue weighted by atomic mass is 10.1. The molecule has 1 unspecified atom stereocenters. The summed E-state index contributed by atoms with van der Waals surface area (Å²) in [6.45, 7) is 4.76. The van der Waals surface area contributed by atoms with E-state index in [2.05, 4.69) is 27.9 Å². The first-order valence-electron chi connectivity index (χ1n) is 10.7. The van der Waals surface area contributed by atoms with Gasteiger partial charge in [-0.2, -0.15) is 4.98 Å². The topological polar surface area (TPSA) is 97.4 Å². The Labute approximate surface area is 192 Å². The lowest BCUT2D eigenvalue weighted by Gasteiger charge is -2.20. The van der Waals surface area contributed by atoms with Gasteiger partial charge in [-0.15, -0.1) is 11.3 Å². The molecule has 0 saturated carbocycles. The lowest BCUT2D eigenvalue weighted by Crippen LogP contribution is -2.35. The van der Waals surface area contributed by atoms with Crippen molar-refractivity contribution < 1.29 is 14.3 Å². The molecule has 2 aromatic heterocycles. The SMILES string of the molecule is CCCCC(CNC(C)=O)Nc1nc(NCc2ccc(OC)cc2OC)nc2ccsc12. The molecule has 1 amide bonds. The maximum Gasteiger partial charge on any atom is 0.225 e. The Bertz CT molecular complexity index is 1040. The predicted octanol–water partition coefficient (Wildman–Crippen LogP) is 4.43. The molecular weight excluding hydrogens is 426 g/mol. The van der Waals surface area contributed by atoms with Crippen molar-refractivity contribution in [3.63, 3.8) is 0 Å². The van der Waals surface area contributed by atoms with Gasteiger partial charge in [0.25, 0.3) is 0 Å². The molecule has 1 aromatic carbocycles. The zero-order chi connectivity index (χ0) is 22.9. The number of hydrogen-bond acceptors (Lipinski definition) is 8. The van der Waals surface area contributed by atoms with Crippen molar-refractivity contribution in [1.82, 2.24) is 15.3 Å². The largest absolute Gasteiger partial charge is 0.497 e. The summed E-state index contributed by atoms with van der Waals surface area (Å²) in [6.07, 6.45) is 3.10.